The molecular formula is C15H17FN4OS2. The lowest BCUT2D eigenvalue weighted by atomic mass is 10.3. The summed E-state index contributed by atoms with van der Waals surface area (Å²) in [4.78, 5) is 14.2. The molecule has 122 valence electrons. The van der Waals surface area contributed by atoms with Gasteiger partial charge in [-0.25, -0.2) is 4.39 Å². The number of anilines is 2. The van der Waals surface area contributed by atoms with Gasteiger partial charge in [-0.15, -0.1) is 10.2 Å². The molecule has 1 aromatic heterocycles. The van der Waals surface area contributed by atoms with E-state index in [0.29, 0.717) is 5.13 Å². The molecule has 0 spiro atoms. The van der Waals surface area contributed by atoms with Crippen LogP contribution in [0.4, 0.5) is 15.2 Å². The Kier molecular flexibility index (Phi) is 5.12. The van der Waals surface area contributed by atoms with Crippen LogP contribution in [-0.2, 0) is 4.79 Å². The normalized spacial score (nSPS) is 15.7. The zero-order valence-corrected chi connectivity index (χ0v) is 14.3. The van der Waals surface area contributed by atoms with Crippen LogP contribution in [-0.4, -0.2) is 39.3 Å². The average molecular weight is 352 g/mol. The van der Waals surface area contributed by atoms with E-state index in [9.17, 15) is 9.18 Å². The molecule has 8 heteroatoms. The Morgan fingerprint density at radius 3 is 2.70 bits per heavy atom. The zero-order valence-electron chi connectivity index (χ0n) is 12.7. The molecule has 1 aliphatic rings. The number of thioether (sulfide) groups is 1. The highest BCUT2D eigenvalue weighted by molar-refractivity contribution is 8.02. The standard InChI is InChI=1S/C15H17FN4OS2/c1-10(13(21)20-8-2-3-9-20)22-15-19-18-14(23-15)17-12-6-4-11(16)5-7-12/h4-7,10H,2-3,8-9H2,1H3,(H,17,18). The third-order valence-electron chi connectivity index (χ3n) is 3.55. The molecule has 1 unspecified atom stereocenters. The monoisotopic (exact) mass is 352 g/mol. The number of nitrogens with zero attached hydrogens (tertiary/aromatic N) is 3. The second-order valence-corrected chi connectivity index (χ2v) is 7.86. The van der Waals surface area contributed by atoms with Gasteiger partial charge in [0.25, 0.3) is 0 Å². The number of benzene rings is 1. The van der Waals surface area contributed by atoms with E-state index in [1.165, 1.54) is 35.2 Å². The molecule has 1 saturated heterocycles. The van der Waals surface area contributed by atoms with E-state index in [1.54, 1.807) is 12.1 Å². The van der Waals surface area contributed by atoms with E-state index in [4.69, 9.17) is 0 Å². The molecule has 1 amide bonds. The van der Waals surface area contributed by atoms with Crippen LogP contribution in [0.2, 0.25) is 0 Å². The van der Waals surface area contributed by atoms with Crippen LogP contribution in [0, 0.1) is 5.82 Å². The first-order valence-corrected chi connectivity index (χ1v) is 9.13. The lowest BCUT2D eigenvalue weighted by Crippen LogP contribution is -2.33. The van der Waals surface area contributed by atoms with Crippen LogP contribution in [0.1, 0.15) is 19.8 Å². The summed E-state index contributed by atoms with van der Waals surface area (Å²) in [6, 6.07) is 6.05. The highest BCUT2D eigenvalue weighted by atomic mass is 32.2. The molecule has 3 rings (SSSR count). The quantitative estimate of drug-likeness (QED) is 0.835. The Morgan fingerprint density at radius 2 is 2.00 bits per heavy atom. The SMILES string of the molecule is CC(Sc1nnc(Nc2ccc(F)cc2)s1)C(=O)N1CCCC1. The maximum absolute atomic E-state index is 12.9. The van der Waals surface area contributed by atoms with Gasteiger partial charge in [-0.3, -0.25) is 4.79 Å². The van der Waals surface area contributed by atoms with Gasteiger partial charge >= 0.3 is 0 Å². The van der Waals surface area contributed by atoms with Crippen LogP contribution in [0.25, 0.3) is 0 Å². The lowest BCUT2D eigenvalue weighted by Gasteiger charge is -2.18. The fraction of sp³-hybridized carbons (Fsp3) is 0.400. The smallest absolute Gasteiger partial charge is 0.235 e. The van der Waals surface area contributed by atoms with Crippen molar-refractivity contribution in [3.8, 4) is 0 Å². The van der Waals surface area contributed by atoms with E-state index in [1.807, 2.05) is 11.8 Å². The first-order valence-electron chi connectivity index (χ1n) is 7.43. The molecule has 1 N–H and O–H groups in total. The number of aromatic nitrogens is 2. The summed E-state index contributed by atoms with van der Waals surface area (Å²) >= 11 is 2.81. The summed E-state index contributed by atoms with van der Waals surface area (Å²) in [7, 11) is 0. The molecule has 23 heavy (non-hydrogen) atoms. The molecule has 2 heterocycles. The summed E-state index contributed by atoms with van der Waals surface area (Å²) in [5.41, 5.74) is 0.750. The maximum Gasteiger partial charge on any atom is 0.235 e. The van der Waals surface area contributed by atoms with Crippen molar-refractivity contribution in [2.24, 2.45) is 0 Å². The van der Waals surface area contributed by atoms with E-state index >= 15 is 0 Å². The first-order chi connectivity index (χ1) is 11.1. The Morgan fingerprint density at radius 1 is 1.30 bits per heavy atom. The molecule has 0 saturated carbocycles. The Balaban J connectivity index is 1.58. The second kappa shape index (κ2) is 7.27. The summed E-state index contributed by atoms with van der Waals surface area (Å²) in [5, 5.41) is 11.7. The molecule has 2 aromatic rings. The van der Waals surface area contributed by atoms with Gasteiger partial charge in [0.05, 0.1) is 5.25 Å². The zero-order chi connectivity index (χ0) is 16.2. The number of halogens is 1. The molecule has 1 aromatic carbocycles. The summed E-state index contributed by atoms with van der Waals surface area (Å²) in [6.45, 7) is 3.62. The van der Waals surface area contributed by atoms with Crippen molar-refractivity contribution in [2.75, 3.05) is 18.4 Å². The molecule has 1 aliphatic heterocycles. The van der Waals surface area contributed by atoms with Gasteiger partial charge in [0.15, 0.2) is 4.34 Å². The number of likely N-dealkylation sites (tertiary alicyclic amines) is 1. The minimum atomic E-state index is -0.279. The molecule has 1 atom stereocenters. The van der Waals surface area contributed by atoms with Crippen molar-refractivity contribution < 1.29 is 9.18 Å². The van der Waals surface area contributed by atoms with Crippen LogP contribution >= 0.6 is 23.1 Å². The number of carbonyl (C=O) groups excluding carboxylic acids is 1. The summed E-state index contributed by atoms with van der Waals surface area (Å²) < 4.78 is 13.6. The third-order valence-corrected chi connectivity index (χ3v) is 5.56. The lowest BCUT2D eigenvalue weighted by molar-refractivity contribution is -0.129. The van der Waals surface area contributed by atoms with Crippen LogP contribution in [0.15, 0.2) is 28.6 Å². The van der Waals surface area contributed by atoms with Gasteiger partial charge in [-0.2, -0.15) is 0 Å². The topological polar surface area (TPSA) is 58.1 Å². The fourth-order valence-electron chi connectivity index (χ4n) is 2.36. The summed E-state index contributed by atoms with van der Waals surface area (Å²) in [6.07, 6.45) is 2.18. The highest BCUT2D eigenvalue weighted by Crippen LogP contribution is 2.31. The molecule has 0 bridgehead atoms. The molecule has 0 aliphatic carbocycles. The molecule has 5 nitrogen and oxygen atoms in total. The predicted octanol–water partition coefficient (Wildman–Crippen LogP) is 3.52. The first kappa shape index (κ1) is 16.2. The number of rotatable bonds is 5. The van der Waals surface area contributed by atoms with Gasteiger partial charge in [0.1, 0.15) is 5.82 Å². The molecular weight excluding hydrogens is 335 g/mol. The predicted molar refractivity (Wildman–Crippen MR) is 90.7 cm³/mol. The van der Waals surface area contributed by atoms with E-state index in [2.05, 4.69) is 15.5 Å². The number of hydrogen-bond acceptors (Lipinski definition) is 6. The van der Waals surface area contributed by atoms with Gasteiger partial charge in [-0.05, 0) is 44.0 Å². The van der Waals surface area contributed by atoms with E-state index in [0.717, 1.165) is 36.0 Å². The number of hydrogen-bond donors (Lipinski definition) is 1. The minimum Gasteiger partial charge on any atom is -0.342 e. The third kappa shape index (κ3) is 4.20. The largest absolute Gasteiger partial charge is 0.342 e. The van der Waals surface area contributed by atoms with Crippen molar-refractivity contribution >= 4 is 39.8 Å². The van der Waals surface area contributed by atoms with Crippen LogP contribution < -0.4 is 5.32 Å². The van der Waals surface area contributed by atoms with Gasteiger partial charge in [0.2, 0.25) is 11.0 Å². The summed E-state index contributed by atoms with van der Waals surface area (Å²) in [5.74, 6) is -0.117. The maximum atomic E-state index is 12.9. The molecule has 1 fully saturated rings. The number of amides is 1. The van der Waals surface area contributed by atoms with Crippen molar-refractivity contribution in [1.82, 2.24) is 15.1 Å². The highest BCUT2D eigenvalue weighted by Gasteiger charge is 2.25. The Bertz CT molecular complexity index is 670. The second-order valence-electron chi connectivity index (χ2n) is 5.30. The van der Waals surface area contributed by atoms with Gasteiger partial charge < -0.3 is 10.2 Å². The minimum absolute atomic E-state index is 0.163. The fourth-order valence-corrected chi connectivity index (χ4v) is 4.36. The van der Waals surface area contributed by atoms with Crippen molar-refractivity contribution in [1.29, 1.82) is 0 Å². The Labute approximate surface area is 142 Å². The van der Waals surface area contributed by atoms with Crippen molar-refractivity contribution in [2.45, 2.75) is 29.4 Å². The van der Waals surface area contributed by atoms with Crippen LogP contribution in [0.5, 0.6) is 0 Å². The Hall–Kier alpha value is -1.67. The number of nitrogens with one attached hydrogen (secondary N) is 1. The van der Waals surface area contributed by atoms with Crippen molar-refractivity contribution in [3.63, 3.8) is 0 Å². The average Bonchev–Trinajstić information content (AvgIpc) is 3.21. The van der Waals surface area contributed by atoms with E-state index < -0.39 is 0 Å². The molecule has 0 radical (unpaired) electrons. The van der Waals surface area contributed by atoms with Gasteiger partial charge in [-0.1, -0.05) is 23.1 Å². The van der Waals surface area contributed by atoms with E-state index in [-0.39, 0.29) is 17.0 Å². The number of carbonyl (C=O) groups is 1. The van der Waals surface area contributed by atoms with Crippen LogP contribution in [0.3, 0.4) is 0 Å². The van der Waals surface area contributed by atoms with Gasteiger partial charge in [0, 0.05) is 18.8 Å². The van der Waals surface area contributed by atoms with Crippen molar-refractivity contribution in [3.05, 3.63) is 30.1 Å².